The van der Waals surface area contributed by atoms with Gasteiger partial charge in [-0.15, -0.1) is 11.3 Å². The first-order valence-corrected chi connectivity index (χ1v) is 10.8. The molecule has 2 aromatic carbocycles. The van der Waals surface area contributed by atoms with Crippen molar-refractivity contribution in [1.82, 2.24) is 4.98 Å². The molecule has 0 aliphatic heterocycles. The van der Waals surface area contributed by atoms with Crippen molar-refractivity contribution in [3.8, 4) is 5.75 Å². The van der Waals surface area contributed by atoms with Crippen LogP contribution in [0.4, 0.5) is 5.69 Å². The second kappa shape index (κ2) is 8.01. The van der Waals surface area contributed by atoms with Crippen LogP contribution in [0.3, 0.4) is 0 Å². The zero-order valence-corrected chi connectivity index (χ0v) is 18.1. The molecule has 0 saturated heterocycles. The lowest BCUT2D eigenvalue weighted by molar-refractivity contribution is 0.0991. The smallest absolute Gasteiger partial charge is 0.268 e. The number of amides is 1. The lowest BCUT2D eigenvalue weighted by atomic mass is 10.1. The number of benzene rings is 2. The summed E-state index contributed by atoms with van der Waals surface area (Å²) in [6, 6.07) is 15.5. The first kappa shape index (κ1) is 19.7. The van der Waals surface area contributed by atoms with E-state index >= 15 is 0 Å². The molecule has 4 aromatic rings. The van der Waals surface area contributed by atoms with Crippen molar-refractivity contribution in [2.45, 2.75) is 20.8 Å². The van der Waals surface area contributed by atoms with Crippen LogP contribution in [-0.4, -0.2) is 24.0 Å². The molecule has 2 aromatic heterocycles. The summed E-state index contributed by atoms with van der Waals surface area (Å²) >= 11 is 7.90. The predicted molar refractivity (Wildman–Crippen MR) is 122 cm³/mol. The lowest BCUT2D eigenvalue weighted by Crippen LogP contribution is -2.30. The summed E-state index contributed by atoms with van der Waals surface area (Å²) in [5.74, 6) is 0.629. The monoisotopic (exact) mass is 424 g/mol. The lowest BCUT2D eigenvalue weighted by Gasteiger charge is -2.23. The third-order valence-corrected chi connectivity index (χ3v) is 6.24. The molecule has 0 aliphatic rings. The molecule has 29 heavy (non-hydrogen) atoms. The molecule has 4 nitrogen and oxygen atoms in total. The highest BCUT2D eigenvalue weighted by Gasteiger charge is 2.23. The fourth-order valence-electron chi connectivity index (χ4n) is 3.46. The molecule has 1 amide bonds. The van der Waals surface area contributed by atoms with Gasteiger partial charge in [-0.05, 0) is 51.1 Å². The van der Waals surface area contributed by atoms with Crippen molar-refractivity contribution in [3.05, 3.63) is 64.1 Å². The minimum atomic E-state index is -0.0716. The van der Waals surface area contributed by atoms with Gasteiger partial charge in [0.05, 0.1) is 22.7 Å². The van der Waals surface area contributed by atoms with Crippen LogP contribution >= 0.6 is 22.9 Å². The summed E-state index contributed by atoms with van der Waals surface area (Å²) in [6.45, 7) is 7.01. The van der Waals surface area contributed by atoms with Gasteiger partial charge in [0.1, 0.15) is 10.9 Å². The SMILES string of the molecule is CCOc1ccccc1N(CC)C(=O)c1cc2c(Cl)nc3ccc(C)cc3c2s1. The third kappa shape index (κ3) is 3.56. The van der Waals surface area contributed by atoms with Gasteiger partial charge in [0.15, 0.2) is 0 Å². The number of anilines is 1. The van der Waals surface area contributed by atoms with Gasteiger partial charge < -0.3 is 9.64 Å². The Bertz CT molecular complexity index is 1220. The first-order valence-electron chi connectivity index (χ1n) is 9.56. The molecule has 0 bridgehead atoms. The molecule has 6 heteroatoms. The molecule has 4 rings (SSSR count). The van der Waals surface area contributed by atoms with Gasteiger partial charge in [0, 0.05) is 22.0 Å². The molecule has 148 valence electrons. The maximum atomic E-state index is 13.4. The molecule has 0 spiro atoms. The summed E-state index contributed by atoms with van der Waals surface area (Å²) in [4.78, 5) is 20.3. The number of aryl methyl sites for hydroxylation is 1. The highest BCUT2D eigenvalue weighted by atomic mass is 35.5. The number of hydrogen-bond acceptors (Lipinski definition) is 4. The molecule has 0 atom stereocenters. The fourth-order valence-corrected chi connectivity index (χ4v) is 4.89. The number of fused-ring (bicyclic) bond motifs is 3. The second-order valence-electron chi connectivity index (χ2n) is 6.73. The molecule has 0 saturated carbocycles. The maximum absolute atomic E-state index is 13.4. The van der Waals surface area contributed by atoms with E-state index in [1.165, 1.54) is 11.3 Å². The number of halogens is 1. The topological polar surface area (TPSA) is 42.4 Å². The summed E-state index contributed by atoms with van der Waals surface area (Å²) in [5.41, 5.74) is 2.75. The van der Waals surface area contributed by atoms with E-state index in [0.717, 1.165) is 32.2 Å². The van der Waals surface area contributed by atoms with Crippen molar-refractivity contribution in [3.63, 3.8) is 0 Å². The van der Waals surface area contributed by atoms with Crippen LogP contribution in [0.2, 0.25) is 5.15 Å². The number of aromatic nitrogens is 1. The normalized spacial score (nSPS) is 11.2. The van der Waals surface area contributed by atoms with Gasteiger partial charge in [-0.25, -0.2) is 4.98 Å². The zero-order valence-electron chi connectivity index (χ0n) is 16.5. The van der Waals surface area contributed by atoms with E-state index in [1.54, 1.807) is 4.90 Å². The quantitative estimate of drug-likeness (QED) is 0.344. The standard InChI is InChI=1S/C23H21ClN2O2S/c1-4-26(18-8-6-7-9-19(18)28-5-2)23(27)20-13-16-21(29-20)15-12-14(3)10-11-17(15)25-22(16)24/h6-13H,4-5H2,1-3H3. The Hall–Kier alpha value is -2.63. The second-order valence-corrected chi connectivity index (χ2v) is 8.14. The van der Waals surface area contributed by atoms with Gasteiger partial charge in [-0.1, -0.05) is 35.4 Å². The Labute approximate surface area is 178 Å². The van der Waals surface area contributed by atoms with E-state index in [-0.39, 0.29) is 5.91 Å². The summed E-state index contributed by atoms with van der Waals surface area (Å²) in [5, 5.41) is 2.25. The van der Waals surface area contributed by atoms with Crippen LogP contribution < -0.4 is 9.64 Å². The highest BCUT2D eigenvalue weighted by molar-refractivity contribution is 7.22. The number of nitrogens with zero attached hydrogens (tertiary/aromatic N) is 2. The molecule has 0 fully saturated rings. The van der Waals surface area contributed by atoms with E-state index in [4.69, 9.17) is 16.3 Å². The fraction of sp³-hybridized carbons (Fsp3) is 0.217. The van der Waals surface area contributed by atoms with E-state index in [1.807, 2.05) is 63.2 Å². The number of carbonyl (C=O) groups is 1. The average molecular weight is 425 g/mol. The summed E-state index contributed by atoms with van der Waals surface area (Å²) < 4.78 is 6.72. The number of para-hydroxylation sites is 2. The molecular weight excluding hydrogens is 404 g/mol. The van der Waals surface area contributed by atoms with Crippen molar-refractivity contribution in [2.75, 3.05) is 18.1 Å². The molecule has 0 aliphatic carbocycles. The molecule has 0 N–H and O–H groups in total. The van der Waals surface area contributed by atoms with Gasteiger partial charge in [-0.3, -0.25) is 4.79 Å². The molecule has 0 unspecified atom stereocenters. The van der Waals surface area contributed by atoms with Crippen molar-refractivity contribution in [2.24, 2.45) is 0 Å². The van der Waals surface area contributed by atoms with Gasteiger partial charge in [0.2, 0.25) is 0 Å². The highest BCUT2D eigenvalue weighted by Crippen LogP contribution is 2.38. The molecular formula is C23H21ClN2O2S. The summed E-state index contributed by atoms with van der Waals surface area (Å²) in [6.07, 6.45) is 0. The number of thiophene rings is 1. The first-order chi connectivity index (χ1) is 14.0. The van der Waals surface area contributed by atoms with Gasteiger partial charge in [0.25, 0.3) is 5.91 Å². The minimum absolute atomic E-state index is 0.0716. The van der Waals surface area contributed by atoms with Crippen molar-refractivity contribution in [1.29, 1.82) is 0 Å². The van der Waals surface area contributed by atoms with Crippen LogP contribution in [0.25, 0.3) is 21.0 Å². The maximum Gasteiger partial charge on any atom is 0.268 e. The largest absolute Gasteiger partial charge is 0.492 e. The van der Waals surface area contributed by atoms with E-state index in [2.05, 4.69) is 11.1 Å². The molecule has 2 heterocycles. The van der Waals surface area contributed by atoms with E-state index in [0.29, 0.717) is 28.9 Å². The van der Waals surface area contributed by atoms with Crippen LogP contribution in [0.5, 0.6) is 5.75 Å². The Morgan fingerprint density at radius 3 is 2.69 bits per heavy atom. The number of carbonyl (C=O) groups excluding carboxylic acids is 1. The van der Waals surface area contributed by atoms with Crippen molar-refractivity contribution < 1.29 is 9.53 Å². The van der Waals surface area contributed by atoms with Gasteiger partial charge >= 0.3 is 0 Å². The Kier molecular flexibility index (Phi) is 5.43. The predicted octanol–water partition coefficient (Wildman–Crippen LogP) is 6.48. The Morgan fingerprint density at radius 1 is 1.14 bits per heavy atom. The van der Waals surface area contributed by atoms with Crippen LogP contribution in [0.15, 0.2) is 48.5 Å². The average Bonchev–Trinajstić information content (AvgIpc) is 3.17. The Balaban J connectivity index is 1.83. The molecule has 0 radical (unpaired) electrons. The Morgan fingerprint density at radius 2 is 1.93 bits per heavy atom. The van der Waals surface area contributed by atoms with E-state index < -0.39 is 0 Å². The van der Waals surface area contributed by atoms with Gasteiger partial charge in [-0.2, -0.15) is 0 Å². The van der Waals surface area contributed by atoms with Crippen LogP contribution in [-0.2, 0) is 0 Å². The number of ether oxygens (including phenoxy) is 1. The number of pyridine rings is 1. The minimum Gasteiger partial charge on any atom is -0.492 e. The van der Waals surface area contributed by atoms with Crippen LogP contribution in [0, 0.1) is 6.92 Å². The summed E-state index contributed by atoms with van der Waals surface area (Å²) in [7, 11) is 0. The number of hydrogen-bond donors (Lipinski definition) is 0. The number of rotatable bonds is 5. The van der Waals surface area contributed by atoms with Crippen LogP contribution in [0.1, 0.15) is 29.1 Å². The zero-order chi connectivity index (χ0) is 20.5. The van der Waals surface area contributed by atoms with E-state index in [9.17, 15) is 4.79 Å². The third-order valence-electron chi connectivity index (χ3n) is 4.80. The van der Waals surface area contributed by atoms with Crippen molar-refractivity contribution >= 4 is 55.5 Å².